The van der Waals surface area contributed by atoms with Gasteiger partial charge in [-0.05, 0) is 61.1 Å². The van der Waals surface area contributed by atoms with E-state index in [0.717, 1.165) is 16.9 Å². The molecule has 0 radical (unpaired) electrons. The van der Waals surface area contributed by atoms with Gasteiger partial charge in [0.05, 0.1) is 7.11 Å². The number of aromatic amines is 1. The zero-order valence-electron chi connectivity index (χ0n) is 14.5. The highest BCUT2D eigenvalue weighted by Crippen LogP contribution is 2.21. The minimum atomic E-state index is -0.133. The maximum absolute atomic E-state index is 12.2. The third kappa shape index (κ3) is 4.15. The fourth-order valence-electron chi connectivity index (χ4n) is 2.51. The van der Waals surface area contributed by atoms with E-state index in [1.165, 1.54) is 0 Å². The lowest BCUT2D eigenvalue weighted by atomic mass is 10.2. The molecule has 0 aliphatic heterocycles. The van der Waals surface area contributed by atoms with E-state index >= 15 is 0 Å². The van der Waals surface area contributed by atoms with E-state index < -0.39 is 0 Å². The third-order valence-corrected chi connectivity index (χ3v) is 4.16. The van der Waals surface area contributed by atoms with Gasteiger partial charge in [-0.3, -0.25) is 14.5 Å². The van der Waals surface area contributed by atoms with Crippen molar-refractivity contribution in [2.45, 2.75) is 19.9 Å². The summed E-state index contributed by atoms with van der Waals surface area (Å²) < 4.78 is 7.45. The first-order chi connectivity index (χ1) is 12.6. The summed E-state index contributed by atoms with van der Waals surface area (Å²) in [4.78, 5) is 16.3. The molecule has 0 aliphatic carbocycles. The van der Waals surface area contributed by atoms with Crippen LogP contribution in [0.1, 0.15) is 12.0 Å². The van der Waals surface area contributed by atoms with Gasteiger partial charge in [-0.2, -0.15) is 5.10 Å². The van der Waals surface area contributed by atoms with Gasteiger partial charge in [0, 0.05) is 24.7 Å². The van der Waals surface area contributed by atoms with Gasteiger partial charge in [0.25, 0.3) is 0 Å². The highest BCUT2D eigenvalue weighted by molar-refractivity contribution is 7.71. The number of pyridine rings is 1. The molecule has 2 heterocycles. The fraction of sp³-hybridized carbons (Fsp3) is 0.222. The van der Waals surface area contributed by atoms with Crippen molar-refractivity contribution in [3.05, 3.63) is 52.9 Å². The lowest BCUT2D eigenvalue weighted by molar-refractivity contribution is -0.116. The molecule has 0 spiro atoms. The van der Waals surface area contributed by atoms with Gasteiger partial charge in [-0.15, -0.1) is 0 Å². The Morgan fingerprint density at radius 1 is 1.31 bits per heavy atom. The van der Waals surface area contributed by atoms with Crippen LogP contribution in [0.5, 0.6) is 5.75 Å². The largest absolute Gasteiger partial charge is 0.497 e. The van der Waals surface area contributed by atoms with Crippen LogP contribution in [0.15, 0.2) is 42.6 Å². The Labute approximate surface area is 156 Å². The van der Waals surface area contributed by atoms with Crippen LogP contribution in [0.25, 0.3) is 11.4 Å². The van der Waals surface area contributed by atoms with Crippen LogP contribution in [0.3, 0.4) is 0 Å². The predicted molar refractivity (Wildman–Crippen MR) is 102 cm³/mol. The van der Waals surface area contributed by atoms with Crippen LogP contribution >= 0.6 is 12.2 Å². The topological polar surface area (TPSA) is 84.8 Å². The molecule has 0 saturated heterocycles. The fourth-order valence-corrected chi connectivity index (χ4v) is 2.73. The second-order valence-corrected chi connectivity index (χ2v) is 6.14. The summed E-state index contributed by atoms with van der Waals surface area (Å²) in [6.07, 6.45) is 1.92. The molecule has 0 unspecified atom stereocenters. The molecule has 2 aromatic heterocycles. The van der Waals surface area contributed by atoms with Gasteiger partial charge >= 0.3 is 0 Å². The summed E-state index contributed by atoms with van der Waals surface area (Å²) in [6.45, 7) is 2.36. The SMILES string of the molecule is COc1ccc(-c2n[nH]c(=S)n2CCC(=O)Nc2cc(C)ccn2)cc1. The molecule has 7 nitrogen and oxygen atoms in total. The number of ether oxygens (including phenoxy) is 1. The second kappa shape index (κ2) is 7.92. The van der Waals surface area contributed by atoms with Crippen molar-refractivity contribution < 1.29 is 9.53 Å². The first-order valence-electron chi connectivity index (χ1n) is 8.09. The van der Waals surface area contributed by atoms with Crippen LogP contribution in [0, 0.1) is 11.7 Å². The molecule has 0 atom stereocenters. The molecule has 3 aromatic rings. The molecule has 1 aromatic carbocycles. The van der Waals surface area contributed by atoms with Crippen LogP contribution in [-0.4, -0.2) is 32.8 Å². The van der Waals surface area contributed by atoms with Crippen molar-refractivity contribution in [1.29, 1.82) is 0 Å². The number of hydrogen-bond donors (Lipinski definition) is 2. The van der Waals surface area contributed by atoms with E-state index in [1.807, 2.05) is 43.3 Å². The summed E-state index contributed by atoms with van der Waals surface area (Å²) in [7, 11) is 1.62. The van der Waals surface area contributed by atoms with E-state index in [9.17, 15) is 4.79 Å². The quantitative estimate of drug-likeness (QED) is 0.651. The molecule has 1 amide bonds. The van der Waals surface area contributed by atoms with Crippen LogP contribution < -0.4 is 10.1 Å². The normalized spacial score (nSPS) is 10.5. The number of methoxy groups -OCH3 is 1. The number of hydrogen-bond acceptors (Lipinski definition) is 5. The lowest BCUT2D eigenvalue weighted by Gasteiger charge is -2.08. The van der Waals surface area contributed by atoms with Gasteiger partial charge in [0.15, 0.2) is 10.6 Å². The van der Waals surface area contributed by atoms with E-state index in [1.54, 1.807) is 17.9 Å². The number of H-pyrrole nitrogens is 1. The number of carbonyl (C=O) groups excluding carboxylic acids is 1. The maximum atomic E-state index is 12.2. The van der Waals surface area contributed by atoms with Crippen molar-refractivity contribution in [3.8, 4) is 17.1 Å². The Hall–Kier alpha value is -3.00. The number of aromatic nitrogens is 4. The number of nitrogens with zero attached hydrogens (tertiary/aromatic N) is 3. The average molecular weight is 369 g/mol. The number of benzene rings is 1. The molecular weight excluding hydrogens is 350 g/mol. The van der Waals surface area contributed by atoms with Gasteiger partial charge in [0.1, 0.15) is 11.6 Å². The van der Waals surface area contributed by atoms with Gasteiger partial charge in [0.2, 0.25) is 5.91 Å². The number of amides is 1. The standard InChI is InChI=1S/C18H19N5O2S/c1-12-7-9-19-15(11-12)20-16(24)8-10-23-17(21-22-18(23)26)13-3-5-14(25-2)6-4-13/h3-7,9,11H,8,10H2,1-2H3,(H,22,26)(H,19,20,24). The minimum Gasteiger partial charge on any atom is -0.497 e. The summed E-state index contributed by atoms with van der Waals surface area (Å²) >= 11 is 5.30. The molecule has 134 valence electrons. The number of anilines is 1. The zero-order chi connectivity index (χ0) is 18.5. The zero-order valence-corrected chi connectivity index (χ0v) is 15.3. The Morgan fingerprint density at radius 3 is 2.77 bits per heavy atom. The first kappa shape index (κ1) is 17.8. The van der Waals surface area contributed by atoms with Crippen LogP contribution in [0.4, 0.5) is 5.82 Å². The second-order valence-electron chi connectivity index (χ2n) is 5.75. The summed E-state index contributed by atoms with van der Waals surface area (Å²) in [5.74, 6) is 1.85. The van der Waals surface area contributed by atoms with Crippen molar-refractivity contribution in [2.75, 3.05) is 12.4 Å². The highest BCUT2D eigenvalue weighted by atomic mass is 32.1. The predicted octanol–water partition coefficient (Wildman–Crippen LogP) is 3.35. The van der Waals surface area contributed by atoms with Crippen molar-refractivity contribution >= 4 is 23.9 Å². The van der Waals surface area contributed by atoms with Crippen molar-refractivity contribution in [2.24, 2.45) is 0 Å². The molecule has 26 heavy (non-hydrogen) atoms. The molecule has 8 heteroatoms. The van der Waals surface area contributed by atoms with Gasteiger partial charge in [-0.1, -0.05) is 0 Å². The van der Waals surface area contributed by atoms with Crippen molar-refractivity contribution in [1.82, 2.24) is 19.7 Å². The Kier molecular flexibility index (Phi) is 5.43. The third-order valence-electron chi connectivity index (χ3n) is 3.85. The van der Waals surface area contributed by atoms with Crippen molar-refractivity contribution in [3.63, 3.8) is 0 Å². The number of carbonyl (C=O) groups is 1. The molecule has 0 aliphatic rings. The highest BCUT2D eigenvalue weighted by Gasteiger charge is 2.11. The average Bonchev–Trinajstić information content (AvgIpc) is 3.00. The summed E-state index contributed by atoms with van der Waals surface area (Å²) in [5.41, 5.74) is 1.92. The molecule has 0 bridgehead atoms. The lowest BCUT2D eigenvalue weighted by Crippen LogP contribution is -2.15. The van der Waals surface area contributed by atoms with E-state index in [0.29, 0.717) is 23.0 Å². The number of nitrogens with one attached hydrogen (secondary N) is 2. The van der Waals surface area contributed by atoms with Crippen LogP contribution in [0.2, 0.25) is 0 Å². The smallest absolute Gasteiger partial charge is 0.227 e. The maximum Gasteiger partial charge on any atom is 0.227 e. The molecule has 2 N–H and O–H groups in total. The van der Waals surface area contributed by atoms with E-state index in [4.69, 9.17) is 17.0 Å². The Balaban J connectivity index is 1.71. The molecule has 0 fully saturated rings. The Morgan fingerprint density at radius 2 is 2.08 bits per heavy atom. The Bertz CT molecular complexity index is 962. The number of aryl methyl sites for hydroxylation is 1. The summed E-state index contributed by atoms with van der Waals surface area (Å²) in [5, 5.41) is 9.86. The van der Waals surface area contributed by atoms with E-state index in [-0.39, 0.29) is 12.3 Å². The van der Waals surface area contributed by atoms with E-state index in [2.05, 4.69) is 20.5 Å². The summed E-state index contributed by atoms with van der Waals surface area (Å²) in [6, 6.07) is 11.2. The van der Waals surface area contributed by atoms with Crippen LogP contribution in [-0.2, 0) is 11.3 Å². The van der Waals surface area contributed by atoms with Gasteiger partial charge < -0.3 is 10.1 Å². The van der Waals surface area contributed by atoms with Gasteiger partial charge in [-0.25, -0.2) is 4.98 Å². The minimum absolute atomic E-state index is 0.133. The molecule has 0 saturated carbocycles. The molecular formula is C18H19N5O2S. The monoisotopic (exact) mass is 369 g/mol. The number of rotatable bonds is 6. The first-order valence-corrected chi connectivity index (χ1v) is 8.50. The molecule has 3 rings (SSSR count).